The average Bonchev–Trinajstić information content (AvgIpc) is 2.46. The summed E-state index contributed by atoms with van der Waals surface area (Å²) in [6.07, 6.45) is 7.37. The van der Waals surface area contributed by atoms with Crippen molar-refractivity contribution in [3.05, 3.63) is 0 Å². The van der Waals surface area contributed by atoms with E-state index in [4.69, 9.17) is 10.5 Å². The molecule has 1 aliphatic carbocycles. The van der Waals surface area contributed by atoms with Crippen LogP contribution in [0.3, 0.4) is 0 Å². The molecular formula is C16H30N2O2. The minimum absolute atomic E-state index is 0.146. The molecule has 0 aromatic carbocycles. The molecule has 0 aromatic rings. The summed E-state index contributed by atoms with van der Waals surface area (Å²) in [4.78, 5) is 14.2. The van der Waals surface area contributed by atoms with Crippen LogP contribution in [-0.4, -0.2) is 42.6 Å². The zero-order chi connectivity index (χ0) is 14.5. The monoisotopic (exact) mass is 282 g/mol. The highest BCUT2D eigenvalue weighted by atomic mass is 16.5. The van der Waals surface area contributed by atoms with Crippen molar-refractivity contribution >= 4 is 5.91 Å². The topological polar surface area (TPSA) is 55.6 Å². The van der Waals surface area contributed by atoms with Gasteiger partial charge in [-0.1, -0.05) is 19.8 Å². The lowest BCUT2D eigenvalue weighted by atomic mass is 9.88. The number of nitrogens with zero attached hydrogens (tertiary/aromatic N) is 1. The number of hydrogen-bond acceptors (Lipinski definition) is 3. The first-order valence-electron chi connectivity index (χ1n) is 8.23. The molecule has 0 spiro atoms. The molecule has 2 rings (SSSR count). The Hall–Kier alpha value is -0.610. The third-order valence-corrected chi connectivity index (χ3v) is 5.01. The Morgan fingerprint density at radius 2 is 2.05 bits per heavy atom. The zero-order valence-electron chi connectivity index (χ0n) is 13.0. The molecule has 1 heterocycles. The Morgan fingerprint density at radius 3 is 2.75 bits per heavy atom. The highest BCUT2D eigenvalue weighted by Crippen LogP contribution is 2.26. The Labute approximate surface area is 123 Å². The van der Waals surface area contributed by atoms with E-state index in [2.05, 4.69) is 6.92 Å². The molecule has 2 N–H and O–H groups in total. The van der Waals surface area contributed by atoms with E-state index in [9.17, 15) is 4.79 Å². The maximum atomic E-state index is 12.3. The molecule has 0 aromatic heterocycles. The summed E-state index contributed by atoms with van der Waals surface area (Å²) in [6, 6.07) is 0.171. The molecule has 4 atom stereocenters. The summed E-state index contributed by atoms with van der Waals surface area (Å²) in [5, 5.41) is 0. The Bertz CT molecular complexity index is 320. The maximum Gasteiger partial charge on any atom is 0.248 e. The van der Waals surface area contributed by atoms with Crippen molar-refractivity contribution in [1.82, 2.24) is 4.90 Å². The van der Waals surface area contributed by atoms with Gasteiger partial charge in [-0.15, -0.1) is 0 Å². The minimum Gasteiger partial charge on any atom is -0.368 e. The van der Waals surface area contributed by atoms with Crippen LogP contribution in [0.5, 0.6) is 0 Å². The molecule has 1 saturated carbocycles. The zero-order valence-corrected chi connectivity index (χ0v) is 13.0. The third kappa shape index (κ3) is 4.19. The predicted octanol–water partition coefficient (Wildman–Crippen LogP) is 2.17. The lowest BCUT2D eigenvalue weighted by molar-refractivity contribution is -0.142. The highest BCUT2D eigenvalue weighted by Gasteiger charge is 2.27. The molecule has 0 bridgehead atoms. The third-order valence-electron chi connectivity index (χ3n) is 5.01. The van der Waals surface area contributed by atoms with Crippen LogP contribution >= 0.6 is 0 Å². The summed E-state index contributed by atoms with van der Waals surface area (Å²) in [5.41, 5.74) is 5.97. The Balaban J connectivity index is 1.76. The number of hydrogen-bond donors (Lipinski definition) is 1. The second-order valence-electron chi connectivity index (χ2n) is 6.71. The van der Waals surface area contributed by atoms with Crippen LogP contribution in [0.25, 0.3) is 0 Å². The first-order chi connectivity index (χ1) is 9.58. The second-order valence-corrected chi connectivity index (χ2v) is 6.71. The van der Waals surface area contributed by atoms with Gasteiger partial charge >= 0.3 is 0 Å². The smallest absolute Gasteiger partial charge is 0.248 e. The van der Waals surface area contributed by atoms with Gasteiger partial charge in [-0.05, 0) is 44.4 Å². The molecule has 1 aliphatic heterocycles. The molecule has 4 unspecified atom stereocenters. The van der Waals surface area contributed by atoms with E-state index in [0.29, 0.717) is 11.8 Å². The van der Waals surface area contributed by atoms with Gasteiger partial charge in [0.2, 0.25) is 5.91 Å². The van der Waals surface area contributed by atoms with Crippen molar-refractivity contribution in [2.45, 2.75) is 64.5 Å². The molecule has 2 fully saturated rings. The average molecular weight is 282 g/mol. The number of amides is 1. The van der Waals surface area contributed by atoms with Crippen molar-refractivity contribution in [1.29, 1.82) is 0 Å². The molecule has 1 saturated heterocycles. The summed E-state index contributed by atoms with van der Waals surface area (Å²) in [6.45, 7) is 6.20. The van der Waals surface area contributed by atoms with Gasteiger partial charge < -0.3 is 15.4 Å². The van der Waals surface area contributed by atoms with Crippen LogP contribution < -0.4 is 5.73 Å². The molecule has 4 nitrogen and oxygen atoms in total. The van der Waals surface area contributed by atoms with E-state index >= 15 is 0 Å². The Morgan fingerprint density at radius 1 is 1.30 bits per heavy atom. The van der Waals surface area contributed by atoms with Gasteiger partial charge in [-0.3, -0.25) is 4.79 Å². The van der Waals surface area contributed by atoms with Crippen LogP contribution in [0.15, 0.2) is 0 Å². The van der Waals surface area contributed by atoms with Gasteiger partial charge in [0, 0.05) is 19.1 Å². The SMILES string of the molecule is CC(N)C1CCCN(C(=O)COC2CCCCC2C)C1. The Kier molecular flexibility index (Phi) is 5.85. The van der Waals surface area contributed by atoms with Crippen LogP contribution in [0.2, 0.25) is 0 Å². The second kappa shape index (κ2) is 7.41. The van der Waals surface area contributed by atoms with E-state index in [1.54, 1.807) is 0 Å². The van der Waals surface area contributed by atoms with Crippen molar-refractivity contribution in [3.8, 4) is 0 Å². The summed E-state index contributed by atoms with van der Waals surface area (Å²) in [5.74, 6) is 1.18. The van der Waals surface area contributed by atoms with E-state index in [0.717, 1.165) is 32.4 Å². The fourth-order valence-corrected chi connectivity index (χ4v) is 3.47. The van der Waals surface area contributed by atoms with Crippen molar-refractivity contribution in [2.24, 2.45) is 17.6 Å². The number of carbonyl (C=O) groups is 1. The molecule has 20 heavy (non-hydrogen) atoms. The van der Waals surface area contributed by atoms with Gasteiger partial charge in [-0.2, -0.15) is 0 Å². The van der Waals surface area contributed by atoms with E-state index < -0.39 is 0 Å². The molecule has 4 heteroatoms. The van der Waals surface area contributed by atoms with Crippen molar-refractivity contribution < 1.29 is 9.53 Å². The molecule has 2 aliphatic rings. The summed E-state index contributed by atoms with van der Waals surface area (Å²) >= 11 is 0. The van der Waals surface area contributed by atoms with Gasteiger partial charge in [0.05, 0.1) is 6.10 Å². The molecular weight excluding hydrogens is 252 g/mol. The maximum absolute atomic E-state index is 12.3. The number of nitrogens with two attached hydrogens (primary N) is 1. The minimum atomic E-state index is 0.146. The summed E-state index contributed by atoms with van der Waals surface area (Å²) in [7, 11) is 0. The lowest BCUT2D eigenvalue weighted by Gasteiger charge is -2.35. The molecule has 1 amide bonds. The van der Waals surface area contributed by atoms with Crippen LogP contribution in [0, 0.1) is 11.8 Å². The van der Waals surface area contributed by atoms with Gasteiger partial charge in [0.1, 0.15) is 6.61 Å². The van der Waals surface area contributed by atoms with E-state index in [-0.39, 0.29) is 24.7 Å². The van der Waals surface area contributed by atoms with Gasteiger partial charge in [-0.25, -0.2) is 0 Å². The highest BCUT2D eigenvalue weighted by molar-refractivity contribution is 5.77. The van der Waals surface area contributed by atoms with Crippen LogP contribution in [0.1, 0.15) is 52.4 Å². The normalized spacial score (nSPS) is 33.0. The van der Waals surface area contributed by atoms with Crippen LogP contribution in [0.4, 0.5) is 0 Å². The van der Waals surface area contributed by atoms with Gasteiger partial charge in [0.25, 0.3) is 0 Å². The largest absolute Gasteiger partial charge is 0.368 e. The van der Waals surface area contributed by atoms with Crippen molar-refractivity contribution in [3.63, 3.8) is 0 Å². The standard InChI is InChI=1S/C16H30N2O2/c1-12-6-3-4-8-15(12)20-11-16(19)18-9-5-7-14(10-18)13(2)17/h12-15H,3-11,17H2,1-2H3. The van der Waals surface area contributed by atoms with Crippen molar-refractivity contribution in [2.75, 3.05) is 19.7 Å². The number of piperidine rings is 1. The van der Waals surface area contributed by atoms with Gasteiger partial charge in [0.15, 0.2) is 0 Å². The lowest BCUT2D eigenvalue weighted by Crippen LogP contribution is -2.46. The number of carbonyl (C=O) groups excluding carboxylic acids is 1. The summed E-state index contributed by atoms with van der Waals surface area (Å²) < 4.78 is 5.88. The first kappa shape index (κ1) is 15.8. The van der Waals surface area contributed by atoms with Crippen LogP contribution in [-0.2, 0) is 9.53 Å². The number of likely N-dealkylation sites (tertiary alicyclic amines) is 1. The van der Waals surface area contributed by atoms with E-state index in [1.807, 2.05) is 11.8 Å². The molecule has 116 valence electrons. The number of rotatable bonds is 4. The fourth-order valence-electron chi connectivity index (χ4n) is 3.47. The predicted molar refractivity (Wildman–Crippen MR) is 80.3 cm³/mol. The quantitative estimate of drug-likeness (QED) is 0.859. The first-order valence-corrected chi connectivity index (χ1v) is 8.23. The molecule has 0 radical (unpaired) electrons. The van der Waals surface area contributed by atoms with E-state index in [1.165, 1.54) is 19.3 Å². The number of ether oxygens (including phenoxy) is 1. The fraction of sp³-hybridized carbons (Fsp3) is 0.938.